The summed E-state index contributed by atoms with van der Waals surface area (Å²) in [5.41, 5.74) is 3.12. The van der Waals surface area contributed by atoms with E-state index in [1.54, 1.807) is 12.4 Å². The SMILES string of the molecule is Cc1ccc(C2(C)CCN(C(C)C(=O)NO)C2=O)cc1. The Labute approximate surface area is 118 Å². The van der Waals surface area contributed by atoms with E-state index in [4.69, 9.17) is 5.21 Å². The maximum absolute atomic E-state index is 12.6. The van der Waals surface area contributed by atoms with Gasteiger partial charge in [-0.25, -0.2) is 5.48 Å². The minimum absolute atomic E-state index is 0.0718. The van der Waals surface area contributed by atoms with Crippen molar-refractivity contribution in [2.75, 3.05) is 6.54 Å². The van der Waals surface area contributed by atoms with Crippen LogP contribution in [-0.2, 0) is 15.0 Å². The number of benzene rings is 1. The molecule has 1 aliphatic rings. The van der Waals surface area contributed by atoms with Crippen LogP contribution < -0.4 is 5.48 Å². The lowest BCUT2D eigenvalue weighted by Gasteiger charge is -2.27. The lowest BCUT2D eigenvalue weighted by molar-refractivity contribution is -0.143. The monoisotopic (exact) mass is 276 g/mol. The van der Waals surface area contributed by atoms with Crippen LogP contribution >= 0.6 is 0 Å². The summed E-state index contributed by atoms with van der Waals surface area (Å²) in [5.74, 6) is -0.635. The summed E-state index contributed by atoms with van der Waals surface area (Å²) in [4.78, 5) is 25.6. The molecule has 2 unspecified atom stereocenters. The van der Waals surface area contributed by atoms with E-state index < -0.39 is 17.4 Å². The van der Waals surface area contributed by atoms with E-state index in [9.17, 15) is 9.59 Å². The Morgan fingerprint density at radius 2 is 2.00 bits per heavy atom. The van der Waals surface area contributed by atoms with Crippen LogP contribution in [0.15, 0.2) is 24.3 Å². The van der Waals surface area contributed by atoms with Crippen LogP contribution in [-0.4, -0.2) is 34.5 Å². The standard InChI is InChI=1S/C15H20N2O3/c1-10-4-6-12(7-5-10)15(3)8-9-17(14(15)19)11(2)13(18)16-20/h4-7,11,20H,8-9H2,1-3H3,(H,16,18). The molecule has 2 N–H and O–H groups in total. The van der Waals surface area contributed by atoms with Gasteiger partial charge in [0.05, 0.1) is 5.41 Å². The minimum Gasteiger partial charge on any atom is -0.330 e. The van der Waals surface area contributed by atoms with E-state index in [-0.39, 0.29) is 5.91 Å². The average Bonchev–Trinajstić information content (AvgIpc) is 2.75. The van der Waals surface area contributed by atoms with Crippen molar-refractivity contribution in [3.63, 3.8) is 0 Å². The summed E-state index contributed by atoms with van der Waals surface area (Å²) in [6.45, 7) is 6.04. The van der Waals surface area contributed by atoms with Gasteiger partial charge in [0.25, 0.3) is 5.91 Å². The van der Waals surface area contributed by atoms with Gasteiger partial charge < -0.3 is 4.90 Å². The van der Waals surface area contributed by atoms with Crippen molar-refractivity contribution in [2.45, 2.75) is 38.6 Å². The number of carbonyl (C=O) groups excluding carboxylic acids is 2. The fourth-order valence-electron chi connectivity index (χ4n) is 2.66. The zero-order valence-corrected chi connectivity index (χ0v) is 12.0. The number of nitrogens with zero attached hydrogens (tertiary/aromatic N) is 1. The molecule has 5 nitrogen and oxygen atoms in total. The van der Waals surface area contributed by atoms with E-state index in [1.165, 1.54) is 4.90 Å². The lowest BCUT2D eigenvalue weighted by atomic mass is 9.81. The van der Waals surface area contributed by atoms with Gasteiger partial charge in [-0.1, -0.05) is 29.8 Å². The second kappa shape index (κ2) is 5.25. The highest BCUT2D eigenvalue weighted by Crippen LogP contribution is 2.36. The second-order valence-corrected chi connectivity index (χ2v) is 5.60. The van der Waals surface area contributed by atoms with Crippen LogP contribution in [0.3, 0.4) is 0 Å². The molecular weight excluding hydrogens is 256 g/mol. The number of hydrogen-bond donors (Lipinski definition) is 2. The Balaban J connectivity index is 2.26. The Hall–Kier alpha value is -1.88. The van der Waals surface area contributed by atoms with E-state index in [2.05, 4.69) is 0 Å². The number of carbonyl (C=O) groups is 2. The first-order chi connectivity index (χ1) is 9.40. The molecule has 0 aromatic heterocycles. The molecule has 0 radical (unpaired) electrons. The summed E-state index contributed by atoms with van der Waals surface area (Å²) in [5, 5.41) is 8.69. The van der Waals surface area contributed by atoms with Crippen molar-refractivity contribution in [3.05, 3.63) is 35.4 Å². The molecule has 1 fully saturated rings. The third-order valence-electron chi connectivity index (χ3n) is 4.23. The molecule has 0 bridgehead atoms. The van der Waals surface area contributed by atoms with Gasteiger partial charge in [-0.2, -0.15) is 0 Å². The van der Waals surface area contributed by atoms with Gasteiger partial charge in [-0.15, -0.1) is 0 Å². The van der Waals surface area contributed by atoms with Gasteiger partial charge >= 0.3 is 0 Å². The molecule has 1 saturated heterocycles. The number of likely N-dealkylation sites (tertiary alicyclic amines) is 1. The fourth-order valence-corrected chi connectivity index (χ4v) is 2.66. The second-order valence-electron chi connectivity index (χ2n) is 5.60. The smallest absolute Gasteiger partial charge is 0.265 e. The molecule has 2 atom stereocenters. The number of amides is 2. The predicted molar refractivity (Wildman–Crippen MR) is 74.3 cm³/mol. The van der Waals surface area contributed by atoms with Crippen LogP contribution in [0.4, 0.5) is 0 Å². The first-order valence-electron chi connectivity index (χ1n) is 6.72. The minimum atomic E-state index is -0.667. The highest BCUT2D eigenvalue weighted by Gasteiger charge is 2.46. The number of hydroxylamine groups is 1. The van der Waals surface area contributed by atoms with Gasteiger partial charge in [0, 0.05) is 6.54 Å². The van der Waals surface area contributed by atoms with Crippen molar-refractivity contribution in [1.29, 1.82) is 0 Å². The molecule has 0 saturated carbocycles. The molecule has 1 aromatic rings. The number of rotatable bonds is 3. The van der Waals surface area contributed by atoms with Crippen molar-refractivity contribution < 1.29 is 14.8 Å². The predicted octanol–water partition coefficient (Wildman–Crippen LogP) is 1.38. The number of aryl methyl sites for hydroxylation is 1. The summed E-state index contributed by atoms with van der Waals surface area (Å²) in [6, 6.07) is 7.24. The molecule has 2 amide bonds. The molecular formula is C15H20N2O3. The van der Waals surface area contributed by atoms with Crippen molar-refractivity contribution in [1.82, 2.24) is 10.4 Å². The topological polar surface area (TPSA) is 69.6 Å². The average molecular weight is 276 g/mol. The van der Waals surface area contributed by atoms with Crippen LogP contribution in [0, 0.1) is 6.92 Å². The summed E-state index contributed by atoms with van der Waals surface area (Å²) < 4.78 is 0. The third kappa shape index (κ3) is 2.29. The maximum atomic E-state index is 12.6. The van der Waals surface area contributed by atoms with Crippen LogP contribution in [0.2, 0.25) is 0 Å². The lowest BCUT2D eigenvalue weighted by Crippen LogP contribution is -2.47. The highest BCUT2D eigenvalue weighted by atomic mass is 16.5. The summed E-state index contributed by atoms with van der Waals surface area (Å²) >= 11 is 0. The van der Waals surface area contributed by atoms with Crippen LogP contribution in [0.5, 0.6) is 0 Å². The Morgan fingerprint density at radius 1 is 1.40 bits per heavy atom. The Morgan fingerprint density at radius 3 is 2.55 bits per heavy atom. The van der Waals surface area contributed by atoms with Gasteiger partial charge in [-0.05, 0) is 32.8 Å². The van der Waals surface area contributed by atoms with E-state index in [0.29, 0.717) is 13.0 Å². The van der Waals surface area contributed by atoms with Crippen molar-refractivity contribution in [2.24, 2.45) is 0 Å². The van der Waals surface area contributed by atoms with Gasteiger partial charge in [-0.3, -0.25) is 14.8 Å². The summed E-state index contributed by atoms with van der Waals surface area (Å²) in [6.07, 6.45) is 0.665. The number of nitrogens with one attached hydrogen (secondary N) is 1. The fraction of sp³-hybridized carbons (Fsp3) is 0.467. The molecule has 0 spiro atoms. The molecule has 108 valence electrons. The largest absolute Gasteiger partial charge is 0.330 e. The van der Waals surface area contributed by atoms with Crippen molar-refractivity contribution in [3.8, 4) is 0 Å². The maximum Gasteiger partial charge on any atom is 0.265 e. The van der Waals surface area contributed by atoms with Crippen molar-refractivity contribution >= 4 is 11.8 Å². The first-order valence-corrected chi connectivity index (χ1v) is 6.72. The quantitative estimate of drug-likeness (QED) is 0.647. The van der Waals surface area contributed by atoms with Gasteiger partial charge in [0.2, 0.25) is 5.91 Å². The molecule has 5 heteroatoms. The number of hydrogen-bond acceptors (Lipinski definition) is 3. The van der Waals surface area contributed by atoms with E-state index in [0.717, 1.165) is 11.1 Å². The van der Waals surface area contributed by atoms with Crippen LogP contribution in [0.25, 0.3) is 0 Å². The summed E-state index contributed by atoms with van der Waals surface area (Å²) in [7, 11) is 0. The van der Waals surface area contributed by atoms with Crippen LogP contribution in [0.1, 0.15) is 31.4 Å². The molecule has 2 rings (SSSR count). The molecule has 0 aliphatic carbocycles. The normalized spacial score (nSPS) is 23.8. The zero-order chi connectivity index (χ0) is 14.9. The molecule has 1 aromatic carbocycles. The first kappa shape index (κ1) is 14.5. The van der Waals surface area contributed by atoms with E-state index >= 15 is 0 Å². The van der Waals surface area contributed by atoms with E-state index in [1.807, 2.05) is 38.1 Å². The molecule has 1 heterocycles. The zero-order valence-electron chi connectivity index (χ0n) is 12.0. The molecule has 1 aliphatic heterocycles. The Bertz CT molecular complexity index is 526. The molecule has 20 heavy (non-hydrogen) atoms. The van der Waals surface area contributed by atoms with Gasteiger partial charge in [0.15, 0.2) is 0 Å². The van der Waals surface area contributed by atoms with Gasteiger partial charge in [0.1, 0.15) is 6.04 Å². The highest BCUT2D eigenvalue weighted by molar-refractivity contribution is 5.94. The third-order valence-corrected chi connectivity index (χ3v) is 4.23. The Kier molecular flexibility index (Phi) is 3.81.